The number of hydrogen-bond donors (Lipinski definition) is 3. The molecule has 4 N–H and O–H groups in total. The summed E-state index contributed by atoms with van der Waals surface area (Å²) in [5.41, 5.74) is 5.49. The van der Waals surface area contributed by atoms with Crippen LogP contribution in [0.1, 0.15) is 16.1 Å². The summed E-state index contributed by atoms with van der Waals surface area (Å²) in [7, 11) is 0. The average Bonchev–Trinajstić information content (AvgIpc) is 2.60. The summed E-state index contributed by atoms with van der Waals surface area (Å²) >= 11 is 0. The van der Waals surface area contributed by atoms with Crippen molar-refractivity contribution in [2.45, 2.75) is 13.0 Å². The number of aliphatic hydroxyl groups excluding tert-OH is 1. The van der Waals surface area contributed by atoms with Crippen molar-refractivity contribution < 1.29 is 19.1 Å². The Hall–Kier alpha value is -1.82. The summed E-state index contributed by atoms with van der Waals surface area (Å²) in [4.78, 5) is 21.8. The molecule has 1 atom stereocenters. The van der Waals surface area contributed by atoms with Gasteiger partial charge >= 0.3 is 0 Å². The van der Waals surface area contributed by atoms with Crippen LogP contribution in [-0.2, 0) is 4.79 Å². The van der Waals surface area contributed by atoms with E-state index >= 15 is 0 Å². The van der Waals surface area contributed by atoms with Gasteiger partial charge in [0.2, 0.25) is 5.91 Å². The first kappa shape index (κ1) is 11.3. The Labute approximate surface area is 86.1 Å². The Morgan fingerprint density at radius 1 is 1.67 bits per heavy atom. The molecule has 0 aromatic carbocycles. The molecule has 0 aliphatic rings. The predicted molar refractivity (Wildman–Crippen MR) is 51.0 cm³/mol. The molecule has 0 fully saturated rings. The fourth-order valence-corrected chi connectivity index (χ4v) is 0.976. The minimum absolute atomic E-state index is 0.159. The van der Waals surface area contributed by atoms with Gasteiger partial charge < -0.3 is 20.6 Å². The third-order valence-corrected chi connectivity index (χ3v) is 1.85. The van der Waals surface area contributed by atoms with E-state index < -0.39 is 17.9 Å². The predicted octanol–water partition coefficient (Wildman–Crippen LogP) is -0.836. The first-order chi connectivity index (χ1) is 7.02. The number of hydrogen-bond acceptors (Lipinski definition) is 4. The van der Waals surface area contributed by atoms with Gasteiger partial charge in [0.15, 0.2) is 5.76 Å². The molecule has 6 nitrogen and oxygen atoms in total. The van der Waals surface area contributed by atoms with Crippen molar-refractivity contribution in [2.75, 3.05) is 6.54 Å². The van der Waals surface area contributed by atoms with Gasteiger partial charge in [-0.15, -0.1) is 0 Å². The van der Waals surface area contributed by atoms with Crippen molar-refractivity contribution in [3.8, 4) is 0 Å². The largest absolute Gasteiger partial charge is 0.459 e. The van der Waals surface area contributed by atoms with E-state index in [4.69, 9.17) is 15.3 Å². The zero-order valence-corrected chi connectivity index (χ0v) is 8.19. The molecule has 0 spiro atoms. The minimum atomic E-state index is -1.38. The Balaban J connectivity index is 2.51. The topological polar surface area (TPSA) is 106 Å². The zero-order valence-electron chi connectivity index (χ0n) is 8.19. The maximum absolute atomic E-state index is 11.4. The van der Waals surface area contributed by atoms with Gasteiger partial charge in [0.1, 0.15) is 6.10 Å². The Kier molecular flexibility index (Phi) is 3.46. The number of furan rings is 1. The molecule has 82 valence electrons. The Morgan fingerprint density at radius 2 is 2.33 bits per heavy atom. The van der Waals surface area contributed by atoms with E-state index in [9.17, 15) is 9.59 Å². The van der Waals surface area contributed by atoms with Gasteiger partial charge in [-0.1, -0.05) is 0 Å². The molecular weight excluding hydrogens is 200 g/mol. The number of carbonyl (C=O) groups is 2. The molecule has 1 aromatic heterocycles. The van der Waals surface area contributed by atoms with Gasteiger partial charge in [-0.05, 0) is 13.0 Å². The third kappa shape index (κ3) is 2.81. The van der Waals surface area contributed by atoms with Gasteiger partial charge in [-0.2, -0.15) is 0 Å². The molecule has 1 rings (SSSR count). The van der Waals surface area contributed by atoms with Crippen molar-refractivity contribution >= 4 is 11.8 Å². The van der Waals surface area contributed by atoms with Crippen molar-refractivity contribution in [1.82, 2.24) is 5.32 Å². The summed E-state index contributed by atoms with van der Waals surface area (Å²) in [6.45, 7) is 1.48. The normalized spacial score (nSPS) is 12.1. The monoisotopic (exact) mass is 212 g/mol. The van der Waals surface area contributed by atoms with E-state index in [0.717, 1.165) is 0 Å². The van der Waals surface area contributed by atoms with Crippen molar-refractivity contribution in [2.24, 2.45) is 5.73 Å². The lowest BCUT2D eigenvalue weighted by Crippen LogP contribution is -2.40. The molecule has 0 aliphatic heterocycles. The maximum atomic E-state index is 11.4. The SMILES string of the molecule is Cc1ccoc1C(=O)NCC(O)C(N)=O. The van der Waals surface area contributed by atoms with Gasteiger partial charge in [0.25, 0.3) is 5.91 Å². The second-order valence-electron chi connectivity index (χ2n) is 3.06. The van der Waals surface area contributed by atoms with Crippen LogP contribution in [0.4, 0.5) is 0 Å². The molecule has 0 aliphatic carbocycles. The highest BCUT2D eigenvalue weighted by Gasteiger charge is 2.16. The van der Waals surface area contributed by atoms with Crippen LogP contribution in [0.15, 0.2) is 16.7 Å². The third-order valence-electron chi connectivity index (χ3n) is 1.85. The van der Waals surface area contributed by atoms with Gasteiger partial charge in [-0.25, -0.2) is 0 Å². The summed E-state index contributed by atoms with van der Waals surface area (Å²) in [6, 6.07) is 1.64. The fourth-order valence-electron chi connectivity index (χ4n) is 0.976. The molecular formula is C9H12N2O4. The van der Waals surface area contributed by atoms with E-state index in [1.807, 2.05) is 0 Å². The fraction of sp³-hybridized carbons (Fsp3) is 0.333. The van der Waals surface area contributed by atoms with E-state index in [-0.39, 0.29) is 12.3 Å². The molecule has 6 heteroatoms. The lowest BCUT2D eigenvalue weighted by molar-refractivity contribution is -0.125. The summed E-state index contributed by atoms with van der Waals surface area (Å²) in [5.74, 6) is -1.21. The highest BCUT2D eigenvalue weighted by atomic mass is 16.3. The average molecular weight is 212 g/mol. The molecule has 2 amide bonds. The molecule has 1 heterocycles. The van der Waals surface area contributed by atoms with Crippen molar-refractivity contribution in [3.63, 3.8) is 0 Å². The number of aryl methyl sites for hydroxylation is 1. The van der Waals surface area contributed by atoms with Crippen LogP contribution in [0.25, 0.3) is 0 Å². The molecule has 0 saturated heterocycles. The van der Waals surface area contributed by atoms with Crippen LogP contribution >= 0.6 is 0 Å². The first-order valence-electron chi connectivity index (χ1n) is 4.32. The number of rotatable bonds is 4. The highest BCUT2D eigenvalue weighted by molar-refractivity contribution is 5.93. The van der Waals surface area contributed by atoms with E-state index in [2.05, 4.69) is 5.32 Å². The number of carbonyl (C=O) groups excluding carboxylic acids is 2. The van der Waals surface area contributed by atoms with Gasteiger partial charge in [-0.3, -0.25) is 9.59 Å². The number of amides is 2. The Bertz CT molecular complexity index is 372. The van der Waals surface area contributed by atoms with E-state index in [1.165, 1.54) is 6.26 Å². The summed E-state index contributed by atoms with van der Waals surface area (Å²) < 4.78 is 4.91. The second-order valence-corrected chi connectivity index (χ2v) is 3.06. The number of primary amides is 1. The van der Waals surface area contributed by atoms with Crippen LogP contribution in [0.2, 0.25) is 0 Å². The number of aliphatic hydroxyl groups is 1. The standard InChI is InChI=1S/C9H12N2O4/c1-5-2-3-15-7(5)9(14)11-4-6(12)8(10)13/h2-3,6,12H,4H2,1H3,(H2,10,13)(H,11,14). The molecule has 0 radical (unpaired) electrons. The molecule has 0 saturated carbocycles. The maximum Gasteiger partial charge on any atom is 0.287 e. The second kappa shape index (κ2) is 4.61. The van der Waals surface area contributed by atoms with Crippen LogP contribution in [0.5, 0.6) is 0 Å². The van der Waals surface area contributed by atoms with Crippen molar-refractivity contribution in [3.05, 3.63) is 23.7 Å². The minimum Gasteiger partial charge on any atom is -0.459 e. The lowest BCUT2D eigenvalue weighted by Gasteiger charge is -2.07. The smallest absolute Gasteiger partial charge is 0.287 e. The van der Waals surface area contributed by atoms with E-state index in [1.54, 1.807) is 13.0 Å². The molecule has 0 bridgehead atoms. The summed E-state index contributed by atoms with van der Waals surface area (Å²) in [6.07, 6.45) is -0.00129. The summed E-state index contributed by atoms with van der Waals surface area (Å²) in [5, 5.41) is 11.3. The first-order valence-corrected chi connectivity index (χ1v) is 4.32. The van der Waals surface area contributed by atoms with Crippen LogP contribution in [0.3, 0.4) is 0 Å². The molecule has 15 heavy (non-hydrogen) atoms. The number of nitrogens with one attached hydrogen (secondary N) is 1. The zero-order chi connectivity index (χ0) is 11.4. The molecule has 1 unspecified atom stereocenters. The number of nitrogens with two attached hydrogens (primary N) is 1. The highest BCUT2D eigenvalue weighted by Crippen LogP contribution is 2.07. The van der Waals surface area contributed by atoms with Crippen LogP contribution < -0.4 is 11.1 Å². The van der Waals surface area contributed by atoms with E-state index in [0.29, 0.717) is 5.56 Å². The van der Waals surface area contributed by atoms with Gasteiger partial charge in [0, 0.05) is 5.56 Å². The van der Waals surface area contributed by atoms with Crippen LogP contribution in [-0.4, -0.2) is 29.6 Å². The van der Waals surface area contributed by atoms with Crippen LogP contribution in [0, 0.1) is 6.92 Å². The van der Waals surface area contributed by atoms with Gasteiger partial charge in [0.05, 0.1) is 12.8 Å². The Morgan fingerprint density at radius 3 is 2.80 bits per heavy atom. The van der Waals surface area contributed by atoms with Crippen molar-refractivity contribution in [1.29, 1.82) is 0 Å². The molecule has 1 aromatic rings. The quantitative estimate of drug-likeness (QED) is 0.605. The lowest BCUT2D eigenvalue weighted by atomic mass is 10.2.